The first-order chi connectivity index (χ1) is 8.31. The molecule has 2 aromatic rings. The number of nitrogens with one attached hydrogen (secondary N) is 2. The van der Waals surface area contributed by atoms with E-state index in [0.717, 1.165) is 16.9 Å². The lowest BCUT2D eigenvalue weighted by Gasteiger charge is -2.10. The fraction of sp³-hybridized carbons (Fsp3) is 0.364. The number of aromatic nitrogens is 4. The first kappa shape index (κ1) is 11.4. The molecule has 17 heavy (non-hydrogen) atoms. The molecule has 6 heteroatoms. The van der Waals surface area contributed by atoms with Crippen LogP contribution < -0.4 is 10.1 Å². The van der Waals surface area contributed by atoms with Gasteiger partial charge >= 0.3 is 0 Å². The van der Waals surface area contributed by atoms with Crippen LogP contribution in [0.4, 0.5) is 5.82 Å². The van der Waals surface area contributed by atoms with Crippen molar-refractivity contribution in [1.82, 2.24) is 20.2 Å². The molecule has 2 heterocycles. The largest absolute Gasteiger partial charge is 0.478 e. The quantitative estimate of drug-likeness (QED) is 0.818. The van der Waals surface area contributed by atoms with Crippen molar-refractivity contribution in [1.29, 1.82) is 0 Å². The van der Waals surface area contributed by atoms with E-state index in [1.165, 1.54) is 6.33 Å². The second-order valence-corrected chi connectivity index (χ2v) is 3.55. The molecule has 90 valence electrons. The highest BCUT2D eigenvalue weighted by Crippen LogP contribution is 2.20. The molecule has 0 aliphatic heterocycles. The molecule has 2 N–H and O–H groups in total. The van der Waals surface area contributed by atoms with Gasteiger partial charge in [0.05, 0.1) is 18.4 Å². The van der Waals surface area contributed by atoms with E-state index in [1.807, 2.05) is 20.0 Å². The third-order valence-electron chi connectivity index (χ3n) is 2.33. The Bertz CT molecular complexity index is 469. The number of rotatable bonds is 5. The molecular formula is C11H15N5O. The van der Waals surface area contributed by atoms with Gasteiger partial charge in [-0.2, -0.15) is 5.10 Å². The monoisotopic (exact) mass is 233 g/mol. The fourth-order valence-electron chi connectivity index (χ4n) is 1.45. The molecule has 2 rings (SSSR count). The summed E-state index contributed by atoms with van der Waals surface area (Å²) in [5.41, 5.74) is 1.99. The van der Waals surface area contributed by atoms with E-state index in [4.69, 9.17) is 4.74 Å². The van der Waals surface area contributed by atoms with E-state index in [2.05, 4.69) is 25.5 Å². The Morgan fingerprint density at radius 2 is 2.29 bits per heavy atom. The highest BCUT2D eigenvalue weighted by molar-refractivity contribution is 5.47. The maximum Gasteiger partial charge on any atom is 0.221 e. The predicted molar refractivity (Wildman–Crippen MR) is 63.9 cm³/mol. The van der Waals surface area contributed by atoms with Crippen molar-refractivity contribution in [3.05, 3.63) is 29.8 Å². The van der Waals surface area contributed by atoms with Crippen molar-refractivity contribution in [2.45, 2.75) is 20.4 Å². The number of nitrogens with zero attached hydrogens (tertiary/aromatic N) is 3. The molecular weight excluding hydrogens is 218 g/mol. The lowest BCUT2D eigenvalue weighted by atomic mass is 10.3. The SMILES string of the molecule is CCOc1ncnc(NCc2cn[nH]c2)c1C. The molecule has 0 bridgehead atoms. The molecule has 0 saturated carbocycles. The van der Waals surface area contributed by atoms with Crippen LogP contribution in [0, 0.1) is 6.92 Å². The summed E-state index contributed by atoms with van der Waals surface area (Å²) in [6.07, 6.45) is 5.11. The number of hydrogen-bond acceptors (Lipinski definition) is 5. The van der Waals surface area contributed by atoms with Crippen LogP contribution in [0.15, 0.2) is 18.7 Å². The van der Waals surface area contributed by atoms with Crippen LogP contribution in [0.1, 0.15) is 18.1 Å². The standard InChI is InChI=1S/C11H15N5O/c1-3-17-11-8(2)10(13-7-14-11)12-4-9-5-15-16-6-9/h5-7H,3-4H2,1-2H3,(H,15,16)(H,12,13,14). The third-order valence-corrected chi connectivity index (χ3v) is 2.33. The number of H-pyrrole nitrogens is 1. The molecule has 0 radical (unpaired) electrons. The van der Waals surface area contributed by atoms with Crippen LogP contribution in [-0.2, 0) is 6.54 Å². The average Bonchev–Trinajstić information content (AvgIpc) is 2.83. The van der Waals surface area contributed by atoms with Crippen LogP contribution in [0.25, 0.3) is 0 Å². The average molecular weight is 233 g/mol. The van der Waals surface area contributed by atoms with Crippen LogP contribution in [0.3, 0.4) is 0 Å². The first-order valence-electron chi connectivity index (χ1n) is 5.47. The van der Waals surface area contributed by atoms with Gasteiger partial charge in [0.25, 0.3) is 0 Å². The van der Waals surface area contributed by atoms with Gasteiger partial charge in [0.15, 0.2) is 0 Å². The van der Waals surface area contributed by atoms with E-state index in [0.29, 0.717) is 19.0 Å². The van der Waals surface area contributed by atoms with Gasteiger partial charge in [0.1, 0.15) is 12.1 Å². The van der Waals surface area contributed by atoms with Crippen molar-refractivity contribution in [3.63, 3.8) is 0 Å². The van der Waals surface area contributed by atoms with Crippen LogP contribution in [0.5, 0.6) is 5.88 Å². The minimum atomic E-state index is 0.596. The molecule has 0 atom stereocenters. The molecule has 0 spiro atoms. The second kappa shape index (κ2) is 5.29. The van der Waals surface area contributed by atoms with Crippen molar-refractivity contribution in [3.8, 4) is 5.88 Å². The molecule has 6 nitrogen and oxygen atoms in total. The zero-order chi connectivity index (χ0) is 12.1. The number of hydrogen-bond donors (Lipinski definition) is 2. The highest BCUT2D eigenvalue weighted by Gasteiger charge is 2.07. The zero-order valence-electron chi connectivity index (χ0n) is 9.90. The maximum atomic E-state index is 5.40. The fourth-order valence-corrected chi connectivity index (χ4v) is 1.45. The smallest absolute Gasteiger partial charge is 0.221 e. The Balaban J connectivity index is 2.07. The number of ether oxygens (including phenoxy) is 1. The lowest BCUT2D eigenvalue weighted by molar-refractivity contribution is 0.324. The van der Waals surface area contributed by atoms with Crippen molar-refractivity contribution < 1.29 is 4.74 Å². The van der Waals surface area contributed by atoms with E-state index in [1.54, 1.807) is 6.20 Å². The lowest BCUT2D eigenvalue weighted by Crippen LogP contribution is -2.05. The van der Waals surface area contributed by atoms with Crippen LogP contribution in [-0.4, -0.2) is 26.8 Å². The van der Waals surface area contributed by atoms with Gasteiger partial charge in [-0.15, -0.1) is 0 Å². The minimum absolute atomic E-state index is 0.596. The van der Waals surface area contributed by atoms with Gasteiger partial charge in [-0.1, -0.05) is 0 Å². The summed E-state index contributed by atoms with van der Waals surface area (Å²) in [7, 11) is 0. The Labute approximate surface area is 99.4 Å². The van der Waals surface area contributed by atoms with Gasteiger partial charge in [0, 0.05) is 18.3 Å². The number of aromatic amines is 1. The minimum Gasteiger partial charge on any atom is -0.478 e. The topological polar surface area (TPSA) is 75.7 Å². The normalized spacial score (nSPS) is 10.2. The highest BCUT2D eigenvalue weighted by atomic mass is 16.5. The molecule has 2 aromatic heterocycles. The molecule has 0 aliphatic rings. The summed E-state index contributed by atoms with van der Waals surface area (Å²) in [5, 5.41) is 9.87. The second-order valence-electron chi connectivity index (χ2n) is 3.55. The summed E-state index contributed by atoms with van der Waals surface area (Å²) in [6.45, 7) is 5.13. The van der Waals surface area contributed by atoms with Gasteiger partial charge < -0.3 is 10.1 Å². The van der Waals surface area contributed by atoms with Gasteiger partial charge in [-0.3, -0.25) is 5.10 Å². The predicted octanol–water partition coefficient (Wildman–Crippen LogP) is 1.52. The van der Waals surface area contributed by atoms with Gasteiger partial charge in [0.2, 0.25) is 5.88 Å². The van der Waals surface area contributed by atoms with Gasteiger partial charge in [-0.25, -0.2) is 9.97 Å². The molecule has 0 aromatic carbocycles. The van der Waals surface area contributed by atoms with Gasteiger partial charge in [-0.05, 0) is 13.8 Å². The Morgan fingerprint density at radius 1 is 1.41 bits per heavy atom. The molecule has 0 saturated heterocycles. The molecule has 0 aliphatic carbocycles. The van der Waals surface area contributed by atoms with Crippen molar-refractivity contribution >= 4 is 5.82 Å². The maximum absolute atomic E-state index is 5.40. The van der Waals surface area contributed by atoms with E-state index in [-0.39, 0.29) is 0 Å². The summed E-state index contributed by atoms with van der Waals surface area (Å²) in [5.74, 6) is 1.40. The molecule has 0 fully saturated rings. The Hall–Kier alpha value is -2.11. The summed E-state index contributed by atoms with van der Waals surface area (Å²) in [6, 6.07) is 0. The van der Waals surface area contributed by atoms with E-state index < -0.39 is 0 Å². The summed E-state index contributed by atoms with van der Waals surface area (Å²) in [4.78, 5) is 8.27. The summed E-state index contributed by atoms with van der Waals surface area (Å²) >= 11 is 0. The Kier molecular flexibility index (Phi) is 3.54. The van der Waals surface area contributed by atoms with Crippen molar-refractivity contribution in [2.75, 3.05) is 11.9 Å². The van der Waals surface area contributed by atoms with Crippen molar-refractivity contribution in [2.24, 2.45) is 0 Å². The Morgan fingerprint density at radius 3 is 3.00 bits per heavy atom. The zero-order valence-corrected chi connectivity index (χ0v) is 9.90. The van der Waals surface area contributed by atoms with E-state index in [9.17, 15) is 0 Å². The van der Waals surface area contributed by atoms with Crippen LogP contribution >= 0.6 is 0 Å². The summed E-state index contributed by atoms with van der Waals surface area (Å²) < 4.78 is 5.40. The van der Waals surface area contributed by atoms with E-state index >= 15 is 0 Å². The molecule has 0 unspecified atom stereocenters. The first-order valence-corrected chi connectivity index (χ1v) is 5.47. The van der Waals surface area contributed by atoms with Crippen LogP contribution in [0.2, 0.25) is 0 Å². The third kappa shape index (κ3) is 2.72. The number of anilines is 1. The molecule has 0 amide bonds.